The molecule has 1 aromatic heterocycles. The number of rotatable bonds is 5. The second-order valence-electron chi connectivity index (χ2n) is 4.79. The van der Waals surface area contributed by atoms with Crippen LogP contribution < -0.4 is 10.1 Å². The Morgan fingerprint density at radius 3 is 2.78 bits per heavy atom. The molecule has 0 fully saturated rings. The Balaban J connectivity index is 1.85. The second kappa shape index (κ2) is 6.58. The van der Waals surface area contributed by atoms with Gasteiger partial charge in [-0.1, -0.05) is 12.1 Å². The van der Waals surface area contributed by atoms with Gasteiger partial charge in [-0.2, -0.15) is 0 Å². The molecule has 0 aliphatic heterocycles. The molecule has 0 spiro atoms. The summed E-state index contributed by atoms with van der Waals surface area (Å²) < 4.78 is 5.58. The minimum Gasteiger partial charge on any atom is -0.508 e. The van der Waals surface area contributed by atoms with Gasteiger partial charge in [0, 0.05) is 17.0 Å². The van der Waals surface area contributed by atoms with Crippen LogP contribution >= 0.6 is 11.3 Å². The van der Waals surface area contributed by atoms with Gasteiger partial charge in [-0.25, -0.2) is 4.98 Å². The number of nitrogens with zero attached hydrogens (tertiary/aromatic N) is 1. The number of nitrogens with one attached hydrogen (secondary N) is 1. The fraction of sp³-hybridized carbons (Fsp3) is 0.118. The first-order chi connectivity index (χ1) is 11.2. The highest BCUT2D eigenvalue weighted by molar-refractivity contribution is 7.14. The zero-order chi connectivity index (χ0) is 16.2. The van der Waals surface area contributed by atoms with Gasteiger partial charge in [0.25, 0.3) is 0 Å². The molecule has 0 amide bonds. The van der Waals surface area contributed by atoms with Crippen molar-refractivity contribution in [1.82, 2.24) is 4.98 Å². The lowest BCUT2D eigenvalue weighted by molar-refractivity contribution is 0.342. The number of benzene rings is 2. The van der Waals surface area contributed by atoms with E-state index in [4.69, 9.17) is 4.74 Å². The number of para-hydroxylation sites is 2. The molecule has 5 nitrogen and oxygen atoms in total. The number of ether oxygens (including phenoxy) is 1. The average molecular weight is 328 g/mol. The molecule has 3 rings (SSSR count). The Morgan fingerprint density at radius 1 is 1.17 bits per heavy atom. The van der Waals surface area contributed by atoms with E-state index < -0.39 is 0 Å². The molecule has 0 bridgehead atoms. The lowest BCUT2D eigenvalue weighted by Crippen LogP contribution is -1.97. The standard InChI is InChI=1S/C17H16N2O3S/c1-2-22-16-6-4-3-5-13(16)18-17-19-14(10-23-17)12-8-7-11(20)9-15(12)21/h3-10,20-21H,2H2,1H3,(H,18,19). The quantitative estimate of drug-likeness (QED) is 0.649. The van der Waals surface area contributed by atoms with Crippen molar-refractivity contribution < 1.29 is 14.9 Å². The number of hydrogen-bond donors (Lipinski definition) is 3. The first-order valence-electron chi connectivity index (χ1n) is 7.14. The van der Waals surface area contributed by atoms with E-state index in [9.17, 15) is 10.2 Å². The van der Waals surface area contributed by atoms with Crippen molar-refractivity contribution in [2.24, 2.45) is 0 Å². The molecular weight excluding hydrogens is 312 g/mol. The number of anilines is 2. The van der Waals surface area contributed by atoms with E-state index in [-0.39, 0.29) is 11.5 Å². The van der Waals surface area contributed by atoms with Crippen LogP contribution in [0.3, 0.4) is 0 Å². The summed E-state index contributed by atoms with van der Waals surface area (Å²) in [6, 6.07) is 12.1. The summed E-state index contributed by atoms with van der Waals surface area (Å²) in [5.74, 6) is 0.779. The van der Waals surface area contributed by atoms with Crippen LogP contribution in [0.4, 0.5) is 10.8 Å². The first-order valence-corrected chi connectivity index (χ1v) is 8.02. The van der Waals surface area contributed by atoms with E-state index in [1.54, 1.807) is 6.07 Å². The number of thiazole rings is 1. The maximum Gasteiger partial charge on any atom is 0.187 e. The molecule has 6 heteroatoms. The number of aromatic nitrogens is 1. The summed E-state index contributed by atoms with van der Waals surface area (Å²) in [6.45, 7) is 2.52. The molecule has 3 N–H and O–H groups in total. The number of aromatic hydroxyl groups is 2. The molecule has 0 radical (unpaired) electrons. The fourth-order valence-corrected chi connectivity index (χ4v) is 2.88. The van der Waals surface area contributed by atoms with Crippen LogP contribution in [-0.2, 0) is 0 Å². The Morgan fingerprint density at radius 2 is 2.00 bits per heavy atom. The van der Waals surface area contributed by atoms with Crippen LogP contribution in [0.1, 0.15) is 6.92 Å². The maximum absolute atomic E-state index is 9.92. The van der Waals surface area contributed by atoms with E-state index in [0.717, 1.165) is 11.4 Å². The van der Waals surface area contributed by atoms with E-state index in [0.29, 0.717) is 23.0 Å². The van der Waals surface area contributed by atoms with Crippen molar-refractivity contribution in [3.8, 4) is 28.5 Å². The van der Waals surface area contributed by atoms with Gasteiger partial charge >= 0.3 is 0 Å². The molecule has 23 heavy (non-hydrogen) atoms. The molecule has 0 saturated heterocycles. The van der Waals surface area contributed by atoms with Crippen molar-refractivity contribution in [3.63, 3.8) is 0 Å². The summed E-state index contributed by atoms with van der Waals surface area (Å²) in [4.78, 5) is 4.48. The van der Waals surface area contributed by atoms with Gasteiger partial charge in [-0.3, -0.25) is 0 Å². The Hall–Kier alpha value is -2.73. The molecule has 0 aliphatic rings. The van der Waals surface area contributed by atoms with Crippen LogP contribution in [0, 0.1) is 0 Å². The van der Waals surface area contributed by atoms with Crippen LogP contribution in [0.2, 0.25) is 0 Å². The van der Waals surface area contributed by atoms with E-state index in [1.807, 2.05) is 36.6 Å². The summed E-state index contributed by atoms with van der Waals surface area (Å²) in [6.07, 6.45) is 0. The van der Waals surface area contributed by atoms with Gasteiger partial charge < -0.3 is 20.3 Å². The van der Waals surface area contributed by atoms with Crippen LogP contribution in [-0.4, -0.2) is 21.8 Å². The van der Waals surface area contributed by atoms with E-state index in [1.165, 1.54) is 23.5 Å². The summed E-state index contributed by atoms with van der Waals surface area (Å²) in [5, 5.41) is 25.1. The molecule has 118 valence electrons. The predicted octanol–water partition coefficient (Wildman–Crippen LogP) is 4.36. The molecule has 1 heterocycles. The molecule has 0 saturated carbocycles. The molecule has 0 aliphatic carbocycles. The Labute approximate surface area is 137 Å². The number of hydrogen-bond acceptors (Lipinski definition) is 6. The minimum absolute atomic E-state index is 0.00318. The van der Waals surface area contributed by atoms with Gasteiger partial charge in [-0.05, 0) is 31.2 Å². The summed E-state index contributed by atoms with van der Waals surface area (Å²) >= 11 is 1.43. The largest absolute Gasteiger partial charge is 0.508 e. The van der Waals surface area contributed by atoms with Gasteiger partial charge in [0.05, 0.1) is 18.0 Å². The number of phenolic OH excluding ortho intramolecular Hbond substituents is 2. The molecule has 2 aromatic carbocycles. The highest BCUT2D eigenvalue weighted by Gasteiger charge is 2.11. The first kappa shape index (κ1) is 15.2. The van der Waals surface area contributed by atoms with Crippen LogP contribution in [0.5, 0.6) is 17.2 Å². The zero-order valence-electron chi connectivity index (χ0n) is 12.5. The van der Waals surface area contributed by atoms with Crippen molar-refractivity contribution >= 4 is 22.2 Å². The highest BCUT2D eigenvalue weighted by Crippen LogP contribution is 2.35. The van der Waals surface area contributed by atoms with Gasteiger partial charge in [0.2, 0.25) is 0 Å². The number of phenols is 2. The smallest absolute Gasteiger partial charge is 0.187 e. The lowest BCUT2D eigenvalue weighted by Gasteiger charge is -2.10. The van der Waals surface area contributed by atoms with Crippen molar-refractivity contribution in [2.75, 3.05) is 11.9 Å². The molecule has 0 unspecified atom stereocenters. The van der Waals surface area contributed by atoms with E-state index in [2.05, 4.69) is 10.3 Å². The van der Waals surface area contributed by atoms with Crippen LogP contribution in [0.15, 0.2) is 47.8 Å². The third kappa shape index (κ3) is 3.37. The predicted molar refractivity (Wildman–Crippen MR) is 91.8 cm³/mol. The van der Waals surface area contributed by atoms with Gasteiger partial charge in [0.1, 0.15) is 17.2 Å². The van der Waals surface area contributed by atoms with E-state index >= 15 is 0 Å². The monoisotopic (exact) mass is 328 g/mol. The topological polar surface area (TPSA) is 74.6 Å². The van der Waals surface area contributed by atoms with Crippen LogP contribution in [0.25, 0.3) is 11.3 Å². The third-order valence-corrected chi connectivity index (χ3v) is 3.95. The summed E-state index contributed by atoms with van der Waals surface area (Å²) in [7, 11) is 0. The van der Waals surface area contributed by atoms with Crippen molar-refractivity contribution in [1.29, 1.82) is 0 Å². The lowest BCUT2D eigenvalue weighted by atomic mass is 10.1. The maximum atomic E-state index is 9.92. The SMILES string of the molecule is CCOc1ccccc1Nc1nc(-c2ccc(O)cc2O)cs1. The van der Waals surface area contributed by atoms with Crippen molar-refractivity contribution in [2.45, 2.75) is 6.92 Å². The van der Waals surface area contributed by atoms with Gasteiger partial charge in [0.15, 0.2) is 5.13 Å². The highest BCUT2D eigenvalue weighted by atomic mass is 32.1. The Kier molecular flexibility index (Phi) is 4.34. The zero-order valence-corrected chi connectivity index (χ0v) is 13.3. The minimum atomic E-state index is -0.00318. The molecular formula is C17H16N2O3S. The molecule has 0 atom stereocenters. The Bertz CT molecular complexity index is 817. The third-order valence-electron chi connectivity index (χ3n) is 3.19. The average Bonchev–Trinajstić information content (AvgIpc) is 2.98. The van der Waals surface area contributed by atoms with Crippen molar-refractivity contribution in [3.05, 3.63) is 47.8 Å². The fourth-order valence-electron chi connectivity index (χ4n) is 2.16. The van der Waals surface area contributed by atoms with Gasteiger partial charge in [-0.15, -0.1) is 11.3 Å². The summed E-state index contributed by atoms with van der Waals surface area (Å²) in [5.41, 5.74) is 2.05. The normalized spacial score (nSPS) is 10.5. The molecule has 3 aromatic rings. The second-order valence-corrected chi connectivity index (χ2v) is 5.65.